The lowest BCUT2D eigenvalue weighted by molar-refractivity contribution is -0.111. The van der Waals surface area contributed by atoms with Crippen LogP contribution in [0.4, 0.5) is 0 Å². The largest absolute Gasteiger partial charge is 0.290 e. The van der Waals surface area contributed by atoms with Crippen molar-refractivity contribution in [1.82, 2.24) is 0 Å². The number of allylic oxidation sites excluding steroid dienone is 3. The third-order valence-electron chi connectivity index (χ3n) is 4.05. The molecule has 2 rings (SSSR count). The summed E-state index contributed by atoms with van der Waals surface area (Å²) in [6, 6.07) is 0. The molecule has 0 bridgehead atoms. The number of rotatable bonds is 1. The van der Waals surface area contributed by atoms with Gasteiger partial charge in [0.25, 0.3) is 0 Å². The molecule has 14 heavy (non-hydrogen) atoms. The average Bonchev–Trinajstić information content (AvgIpc) is 2.52. The van der Waals surface area contributed by atoms with Crippen LogP contribution in [0.1, 0.15) is 33.6 Å². The number of carbonyl (C=O) groups is 1. The Bertz CT molecular complexity index is 335. The Morgan fingerprint density at radius 1 is 1.57 bits per heavy atom. The topological polar surface area (TPSA) is 17.1 Å². The molecule has 0 radical (unpaired) electrons. The van der Waals surface area contributed by atoms with Gasteiger partial charge in [0, 0.05) is 11.0 Å². The smallest absolute Gasteiger partial charge is 0.182 e. The lowest BCUT2D eigenvalue weighted by atomic mass is 9.79. The first-order valence-corrected chi connectivity index (χ1v) is 5.42. The van der Waals surface area contributed by atoms with Crippen molar-refractivity contribution in [1.29, 1.82) is 0 Å². The molecule has 0 aromatic carbocycles. The van der Waals surface area contributed by atoms with E-state index in [1.807, 2.05) is 6.08 Å². The van der Waals surface area contributed by atoms with Crippen molar-refractivity contribution in [2.75, 3.05) is 0 Å². The molecule has 0 aliphatic heterocycles. The Balaban J connectivity index is 2.41. The molecule has 2 aliphatic rings. The summed E-state index contributed by atoms with van der Waals surface area (Å²) in [4.78, 5) is 11.6. The summed E-state index contributed by atoms with van der Waals surface area (Å²) in [5, 5.41) is 0. The summed E-state index contributed by atoms with van der Waals surface area (Å²) in [6.07, 6.45) is 4.17. The molecule has 0 aromatic rings. The summed E-state index contributed by atoms with van der Waals surface area (Å²) in [6.45, 7) is 10.6. The highest BCUT2D eigenvalue weighted by Gasteiger charge is 2.48. The number of hydrogen-bond acceptors (Lipinski definition) is 1. The van der Waals surface area contributed by atoms with E-state index in [1.54, 1.807) is 0 Å². The van der Waals surface area contributed by atoms with E-state index in [0.717, 1.165) is 12.0 Å². The average molecular weight is 190 g/mol. The third kappa shape index (κ3) is 1.05. The van der Waals surface area contributed by atoms with Crippen molar-refractivity contribution in [3.05, 3.63) is 23.8 Å². The Morgan fingerprint density at radius 2 is 2.21 bits per heavy atom. The van der Waals surface area contributed by atoms with Crippen LogP contribution in [0.15, 0.2) is 23.8 Å². The standard InChI is InChI=1S/C13H18O/c1-8(2)10-5-6-13(4)9(3)12(14)7-11(10)13/h7-8,10H,3,5-6H2,1-2,4H3/t10-,13-/m1/s1. The van der Waals surface area contributed by atoms with Gasteiger partial charge in [-0.1, -0.05) is 32.9 Å². The van der Waals surface area contributed by atoms with Crippen molar-refractivity contribution >= 4 is 5.78 Å². The SMILES string of the molecule is C=C1C(=O)C=C2[C@@H](C(C)C)CC[C@]12C. The molecule has 1 saturated carbocycles. The Kier molecular flexibility index (Phi) is 1.95. The maximum absolute atomic E-state index is 11.6. The zero-order chi connectivity index (χ0) is 10.5. The van der Waals surface area contributed by atoms with E-state index in [1.165, 1.54) is 12.0 Å². The van der Waals surface area contributed by atoms with Gasteiger partial charge in [0.15, 0.2) is 5.78 Å². The quantitative estimate of drug-likeness (QED) is 0.581. The summed E-state index contributed by atoms with van der Waals surface area (Å²) in [5.74, 6) is 1.40. The van der Waals surface area contributed by atoms with Crippen LogP contribution >= 0.6 is 0 Å². The summed E-state index contributed by atoms with van der Waals surface area (Å²) in [5.41, 5.74) is 2.17. The molecule has 1 fully saturated rings. The van der Waals surface area contributed by atoms with E-state index in [9.17, 15) is 4.79 Å². The molecule has 0 amide bonds. The Labute approximate surface area is 85.9 Å². The predicted molar refractivity (Wildman–Crippen MR) is 57.9 cm³/mol. The summed E-state index contributed by atoms with van der Waals surface area (Å²) < 4.78 is 0. The van der Waals surface area contributed by atoms with Gasteiger partial charge in [0.1, 0.15) is 0 Å². The van der Waals surface area contributed by atoms with Crippen molar-refractivity contribution in [2.45, 2.75) is 33.6 Å². The van der Waals surface area contributed by atoms with Crippen molar-refractivity contribution < 1.29 is 4.79 Å². The molecule has 0 N–H and O–H groups in total. The van der Waals surface area contributed by atoms with E-state index in [0.29, 0.717) is 11.8 Å². The molecular formula is C13H18O. The highest BCUT2D eigenvalue weighted by Crippen LogP contribution is 2.56. The first-order chi connectivity index (χ1) is 6.47. The van der Waals surface area contributed by atoms with Gasteiger partial charge in [-0.05, 0) is 30.8 Å². The minimum absolute atomic E-state index is 0.00597. The maximum Gasteiger partial charge on any atom is 0.182 e. The van der Waals surface area contributed by atoms with Gasteiger partial charge < -0.3 is 0 Å². The normalized spacial score (nSPS) is 36.6. The molecule has 0 unspecified atom stereocenters. The molecule has 1 heteroatoms. The van der Waals surface area contributed by atoms with Crippen LogP contribution in [0.5, 0.6) is 0 Å². The summed E-state index contributed by atoms with van der Waals surface area (Å²) in [7, 11) is 0. The monoisotopic (exact) mass is 190 g/mol. The van der Waals surface area contributed by atoms with Crippen LogP contribution in [-0.4, -0.2) is 5.78 Å². The van der Waals surface area contributed by atoms with E-state index >= 15 is 0 Å². The number of hydrogen-bond donors (Lipinski definition) is 0. The van der Waals surface area contributed by atoms with E-state index in [-0.39, 0.29) is 11.2 Å². The van der Waals surface area contributed by atoms with Crippen LogP contribution in [-0.2, 0) is 4.79 Å². The molecule has 1 nitrogen and oxygen atoms in total. The van der Waals surface area contributed by atoms with Gasteiger partial charge >= 0.3 is 0 Å². The molecule has 2 atom stereocenters. The summed E-state index contributed by atoms with van der Waals surface area (Å²) >= 11 is 0. The molecule has 0 heterocycles. The van der Waals surface area contributed by atoms with E-state index in [2.05, 4.69) is 27.4 Å². The first-order valence-electron chi connectivity index (χ1n) is 5.42. The fraction of sp³-hybridized carbons (Fsp3) is 0.615. The van der Waals surface area contributed by atoms with E-state index < -0.39 is 0 Å². The van der Waals surface area contributed by atoms with Crippen molar-refractivity contribution in [3.63, 3.8) is 0 Å². The molecule has 76 valence electrons. The number of fused-ring (bicyclic) bond motifs is 1. The van der Waals surface area contributed by atoms with Crippen LogP contribution in [0.2, 0.25) is 0 Å². The molecule has 2 aliphatic carbocycles. The first kappa shape index (κ1) is 9.70. The third-order valence-corrected chi connectivity index (χ3v) is 4.05. The maximum atomic E-state index is 11.6. The van der Waals surface area contributed by atoms with Gasteiger partial charge in [-0.15, -0.1) is 0 Å². The lowest BCUT2D eigenvalue weighted by Gasteiger charge is -2.24. The highest BCUT2D eigenvalue weighted by molar-refractivity contribution is 6.09. The van der Waals surface area contributed by atoms with Crippen molar-refractivity contribution in [2.24, 2.45) is 17.3 Å². The lowest BCUT2D eigenvalue weighted by Crippen LogP contribution is -2.16. The van der Waals surface area contributed by atoms with Gasteiger partial charge in [-0.25, -0.2) is 0 Å². The second-order valence-corrected chi connectivity index (χ2v) is 5.16. The fourth-order valence-corrected chi connectivity index (χ4v) is 2.94. The minimum atomic E-state index is 0.00597. The number of ketones is 1. The van der Waals surface area contributed by atoms with Crippen LogP contribution < -0.4 is 0 Å². The van der Waals surface area contributed by atoms with Gasteiger partial charge in [-0.2, -0.15) is 0 Å². The van der Waals surface area contributed by atoms with Gasteiger partial charge in [0.05, 0.1) is 0 Å². The van der Waals surface area contributed by atoms with E-state index in [4.69, 9.17) is 0 Å². The molecule has 0 spiro atoms. The zero-order valence-corrected chi connectivity index (χ0v) is 9.26. The number of carbonyl (C=O) groups excluding carboxylic acids is 1. The van der Waals surface area contributed by atoms with Crippen LogP contribution in [0.3, 0.4) is 0 Å². The zero-order valence-electron chi connectivity index (χ0n) is 9.26. The predicted octanol–water partition coefficient (Wildman–Crippen LogP) is 3.12. The molecule has 0 aromatic heterocycles. The second kappa shape index (κ2) is 2.82. The van der Waals surface area contributed by atoms with Crippen molar-refractivity contribution in [3.8, 4) is 0 Å². The Morgan fingerprint density at radius 3 is 2.79 bits per heavy atom. The van der Waals surface area contributed by atoms with Crippen LogP contribution in [0, 0.1) is 17.3 Å². The van der Waals surface area contributed by atoms with Crippen LogP contribution in [0.25, 0.3) is 0 Å². The highest BCUT2D eigenvalue weighted by atomic mass is 16.1. The molecule has 0 saturated heterocycles. The minimum Gasteiger partial charge on any atom is -0.290 e. The molecular weight excluding hydrogens is 172 g/mol. The van der Waals surface area contributed by atoms with Gasteiger partial charge in [0.2, 0.25) is 0 Å². The Hall–Kier alpha value is -0.850. The second-order valence-electron chi connectivity index (χ2n) is 5.16. The fourth-order valence-electron chi connectivity index (χ4n) is 2.94. The van der Waals surface area contributed by atoms with Gasteiger partial charge in [-0.3, -0.25) is 4.79 Å².